The number of anilines is 1. The van der Waals surface area contributed by atoms with Crippen molar-refractivity contribution in [3.05, 3.63) is 35.4 Å². The maximum Gasteiger partial charge on any atom is 0.276 e. The molecule has 0 aliphatic heterocycles. The van der Waals surface area contributed by atoms with Crippen LogP contribution >= 0.6 is 23.4 Å². The number of hydrogen-bond donors (Lipinski definition) is 0. The summed E-state index contributed by atoms with van der Waals surface area (Å²) < 4.78 is 23.0. The second kappa shape index (κ2) is 13.7. The molecule has 1 unspecified atom stereocenters. The lowest BCUT2D eigenvalue weighted by Gasteiger charge is -2.22. The van der Waals surface area contributed by atoms with Gasteiger partial charge in [-0.3, -0.25) is 9.59 Å². The van der Waals surface area contributed by atoms with Gasteiger partial charge in [0, 0.05) is 23.9 Å². The second-order valence-corrected chi connectivity index (χ2v) is 7.65. The van der Waals surface area contributed by atoms with Crippen molar-refractivity contribution in [3.8, 4) is 23.0 Å². The number of ether oxygens (including phenoxy) is 4. The van der Waals surface area contributed by atoms with Gasteiger partial charge < -0.3 is 18.9 Å². The van der Waals surface area contributed by atoms with E-state index in [1.807, 2.05) is 6.92 Å². The van der Waals surface area contributed by atoms with Crippen LogP contribution < -0.4 is 23.4 Å². The number of hydrogen-bond acceptors (Lipinski definition) is 8. The number of Topliss-reactive ketones (excluding diaryl/α,β-unsaturated/α-hetero) is 1. The topological polar surface area (TPSA) is 99.0 Å². The highest BCUT2D eigenvalue weighted by molar-refractivity contribution is 6.40. The van der Waals surface area contributed by atoms with Crippen LogP contribution in [0.25, 0.3) is 0 Å². The van der Waals surface area contributed by atoms with E-state index in [1.165, 1.54) is 13.0 Å². The lowest BCUT2D eigenvalue weighted by molar-refractivity contribution is -0.126. The molecule has 1 atom stereocenters. The molecule has 0 saturated heterocycles. The standard InChI is InChI=1S/C24H29Cl2N3O6/c1-6-32-16-13-17(21(25)20(14-16)35-9-4)27-28-22(15(5)30)24(31)29(26)23-18(33-7-2)11-10-12-19(23)34-8-3/h10-14,22H,6-9H2,1-5H3. The predicted octanol–water partition coefficient (Wildman–Crippen LogP) is 6.16. The van der Waals surface area contributed by atoms with E-state index >= 15 is 0 Å². The molecule has 0 radical (unpaired) electrons. The maximum absolute atomic E-state index is 13.3. The van der Waals surface area contributed by atoms with Crippen molar-refractivity contribution in [1.29, 1.82) is 0 Å². The van der Waals surface area contributed by atoms with Crippen molar-refractivity contribution >= 4 is 46.4 Å². The molecular weight excluding hydrogens is 497 g/mol. The molecule has 0 aliphatic rings. The highest BCUT2D eigenvalue weighted by Crippen LogP contribution is 2.41. The summed E-state index contributed by atoms with van der Waals surface area (Å²) in [6.07, 6.45) is 0. The fraction of sp³-hybridized carbons (Fsp3) is 0.417. The van der Waals surface area contributed by atoms with Crippen molar-refractivity contribution in [2.75, 3.05) is 30.8 Å². The van der Waals surface area contributed by atoms with Gasteiger partial charge >= 0.3 is 0 Å². The Kier molecular flexibility index (Phi) is 11.1. The first-order valence-electron chi connectivity index (χ1n) is 11.2. The molecule has 0 fully saturated rings. The van der Waals surface area contributed by atoms with E-state index in [1.54, 1.807) is 45.0 Å². The lowest BCUT2D eigenvalue weighted by Crippen LogP contribution is -2.36. The Morgan fingerprint density at radius 3 is 1.97 bits per heavy atom. The molecule has 2 aromatic carbocycles. The highest BCUT2D eigenvalue weighted by Gasteiger charge is 2.32. The summed E-state index contributed by atoms with van der Waals surface area (Å²) in [5.74, 6) is 0.0120. The molecule has 2 rings (SSSR count). The van der Waals surface area contributed by atoms with Crippen molar-refractivity contribution in [1.82, 2.24) is 0 Å². The summed E-state index contributed by atoms with van der Waals surface area (Å²) in [4.78, 5) is 25.7. The predicted molar refractivity (Wildman–Crippen MR) is 135 cm³/mol. The van der Waals surface area contributed by atoms with E-state index < -0.39 is 17.7 Å². The fourth-order valence-corrected chi connectivity index (χ4v) is 3.48. The molecule has 0 aliphatic carbocycles. The number of carbonyl (C=O) groups excluding carboxylic acids is 2. The summed E-state index contributed by atoms with van der Waals surface area (Å²) in [6, 6.07) is 6.61. The Morgan fingerprint density at radius 2 is 1.46 bits per heavy atom. The number of azo groups is 1. The van der Waals surface area contributed by atoms with Crippen LogP contribution in [0.5, 0.6) is 23.0 Å². The van der Waals surface area contributed by atoms with Gasteiger partial charge in [0.25, 0.3) is 5.91 Å². The van der Waals surface area contributed by atoms with Crippen molar-refractivity contribution in [3.63, 3.8) is 0 Å². The quantitative estimate of drug-likeness (QED) is 0.176. The zero-order valence-corrected chi connectivity index (χ0v) is 21.9. The number of amides is 1. The monoisotopic (exact) mass is 525 g/mol. The first-order valence-corrected chi connectivity index (χ1v) is 11.9. The number of carbonyl (C=O) groups is 2. The van der Waals surface area contributed by atoms with Crippen LogP contribution in [0.3, 0.4) is 0 Å². The number of para-hydroxylation sites is 1. The average molecular weight is 526 g/mol. The largest absolute Gasteiger partial charge is 0.494 e. The Bertz CT molecular complexity index is 1040. The zero-order valence-electron chi connectivity index (χ0n) is 20.3. The molecule has 0 heterocycles. The number of nitrogens with zero attached hydrogens (tertiary/aromatic N) is 3. The van der Waals surface area contributed by atoms with E-state index in [0.29, 0.717) is 49.4 Å². The highest BCUT2D eigenvalue weighted by atomic mass is 35.5. The third-order valence-corrected chi connectivity index (χ3v) is 5.17. The van der Waals surface area contributed by atoms with Crippen molar-refractivity contribution in [2.24, 2.45) is 10.2 Å². The molecule has 0 saturated carbocycles. The Morgan fingerprint density at radius 1 is 0.914 bits per heavy atom. The molecule has 9 nitrogen and oxygen atoms in total. The summed E-state index contributed by atoms with van der Waals surface area (Å²) >= 11 is 12.8. The normalized spacial score (nSPS) is 11.7. The minimum absolute atomic E-state index is 0.164. The SMILES string of the molecule is CCOc1cc(N=NC(C(C)=O)C(=O)N(Cl)c2c(OCC)cccc2OCC)c(Cl)c(OCC)c1. The first-order chi connectivity index (χ1) is 16.8. The summed E-state index contributed by atoms with van der Waals surface area (Å²) in [7, 11) is 0. The Hall–Kier alpha value is -3.04. The second-order valence-electron chi connectivity index (χ2n) is 6.94. The molecule has 35 heavy (non-hydrogen) atoms. The van der Waals surface area contributed by atoms with Crippen LogP contribution in [0.4, 0.5) is 11.4 Å². The van der Waals surface area contributed by atoms with Gasteiger partial charge in [-0.05, 0) is 46.8 Å². The van der Waals surface area contributed by atoms with Crippen LogP contribution in [0.2, 0.25) is 5.02 Å². The first kappa shape index (κ1) is 28.2. The Balaban J connectivity index is 2.46. The van der Waals surface area contributed by atoms with E-state index in [0.717, 1.165) is 4.42 Å². The van der Waals surface area contributed by atoms with Gasteiger partial charge in [0.05, 0.1) is 26.4 Å². The number of rotatable bonds is 13. The summed E-state index contributed by atoms with van der Waals surface area (Å²) in [6.45, 7) is 9.86. The number of benzene rings is 2. The smallest absolute Gasteiger partial charge is 0.276 e. The molecule has 0 spiro atoms. The van der Waals surface area contributed by atoms with E-state index in [9.17, 15) is 9.59 Å². The van der Waals surface area contributed by atoms with Gasteiger partial charge in [0.1, 0.15) is 39.4 Å². The average Bonchev–Trinajstić information content (AvgIpc) is 2.82. The molecular formula is C24H29Cl2N3O6. The Labute approximate surface area is 215 Å². The van der Waals surface area contributed by atoms with Gasteiger partial charge in [-0.1, -0.05) is 17.7 Å². The number of halogens is 2. The van der Waals surface area contributed by atoms with Gasteiger partial charge in [-0.2, -0.15) is 10.2 Å². The van der Waals surface area contributed by atoms with Crippen molar-refractivity contribution in [2.45, 2.75) is 40.7 Å². The zero-order chi connectivity index (χ0) is 26.0. The van der Waals surface area contributed by atoms with Gasteiger partial charge in [0.2, 0.25) is 6.04 Å². The fourth-order valence-electron chi connectivity index (χ4n) is 3.02. The maximum atomic E-state index is 13.3. The number of ketones is 1. The third kappa shape index (κ3) is 7.22. The minimum atomic E-state index is -1.54. The van der Waals surface area contributed by atoms with Crippen LogP contribution in [0, 0.1) is 0 Å². The van der Waals surface area contributed by atoms with Crippen LogP contribution in [0.15, 0.2) is 40.6 Å². The molecule has 1 amide bonds. The van der Waals surface area contributed by atoms with Gasteiger partial charge in [-0.15, -0.1) is 0 Å². The summed E-state index contributed by atoms with van der Waals surface area (Å²) in [5.41, 5.74) is 0.338. The van der Waals surface area contributed by atoms with E-state index in [-0.39, 0.29) is 16.4 Å². The molecule has 2 aromatic rings. The van der Waals surface area contributed by atoms with E-state index in [4.69, 9.17) is 42.3 Å². The minimum Gasteiger partial charge on any atom is -0.494 e. The third-order valence-electron chi connectivity index (χ3n) is 4.46. The van der Waals surface area contributed by atoms with Gasteiger partial charge in [0.15, 0.2) is 5.78 Å². The lowest BCUT2D eigenvalue weighted by atomic mass is 10.2. The van der Waals surface area contributed by atoms with Crippen LogP contribution in [0.1, 0.15) is 34.6 Å². The molecule has 190 valence electrons. The summed E-state index contributed by atoms with van der Waals surface area (Å²) in [5, 5.41) is 8.21. The van der Waals surface area contributed by atoms with Crippen LogP contribution in [-0.4, -0.2) is 44.2 Å². The molecule has 11 heteroatoms. The van der Waals surface area contributed by atoms with Crippen molar-refractivity contribution < 1.29 is 28.5 Å². The molecule has 0 bridgehead atoms. The van der Waals surface area contributed by atoms with Crippen LogP contribution in [-0.2, 0) is 9.59 Å². The van der Waals surface area contributed by atoms with E-state index in [2.05, 4.69) is 10.2 Å². The molecule has 0 N–H and O–H groups in total. The molecule has 0 aromatic heterocycles. The van der Waals surface area contributed by atoms with Gasteiger partial charge in [-0.25, -0.2) is 4.42 Å².